The lowest BCUT2D eigenvalue weighted by atomic mass is 10.1. The smallest absolute Gasteiger partial charge is 0.267 e. The lowest BCUT2D eigenvalue weighted by Gasteiger charge is -2.08. The third kappa shape index (κ3) is 1.57. The molecule has 4 aromatic rings. The summed E-state index contributed by atoms with van der Waals surface area (Å²) in [4.78, 5) is 21.4. The Morgan fingerprint density at radius 2 is 2.00 bits per heavy atom. The number of hydrogen-bond acceptors (Lipinski definition) is 5. The Hall–Kier alpha value is -3.15. The monoisotopic (exact) mass is 293 g/mol. The molecular weight excluding hydrogens is 282 g/mol. The summed E-state index contributed by atoms with van der Waals surface area (Å²) in [6.07, 6.45) is 3.06. The highest BCUT2D eigenvalue weighted by atomic mass is 16.5. The van der Waals surface area contributed by atoms with Crippen molar-refractivity contribution in [1.82, 2.24) is 14.4 Å². The molecule has 6 nitrogen and oxygen atoms in total. The quantitative estimate of drug-likeness (QED) is 0.429. The van der Waals surface area contributed by atoms with Crippen LogP contribution in [-0.2, 0) is 0 Å². The van der Waals surface area contributed by atoms with Gasteiger partial charge in [0.15, 0.2) is 11.4 Å². The van der Waals surface area contributed by atoms with E-state index in [0.717, 1.165) is 0 Å². The highest BCUT2D eigenvalue weighted by molar-refractivity contribution is 6.05. The number of rotatable bonds is 1. The molecule has 0 spiro atoms. The molecule has 0 unspecified atom stereocenters. The molecule has 3 aromatic heterocycles. The minimum atomic E-state index is -0.270. The van der Waals surface area contributed by atoms with Gasteiger partial charge in [-0.15, -0.1) is 0 Å². The van der Waals surface area contributed by atoms with E-state index in [1.165, 1.54) is 16.7 Å². The Morgan fingerprint density at radius 1 is 1.14 bits per heavy atom. The lowest BCUT2D eigenvalue weighted by Crippen LogP contribution is -2.15. The molecule has 0 aliphatic carbocycles. The Morgan fingerprint density at radius 3 is 2.82 bits per heavy atom. The third-order valence-electron chi connectivity index (χ3n) is 3.67. The van der Waals surface area contributed by atoms with E-state index in [9.17, 15) is 9.90 Å². The van der Waals surface area contributed by atoms with Crippen LogP contribution >= 0.6 is 0 Å². The molecule has 0 saturated carbocycles. The number of aromatic hydroxyl groups is 1. The SMILES string of the molecule is COc1cccc2c1ncc1c(=O)n3cccc(O)c3nc12. The van der Waals surface area contributed by atoms with Gasteiger partial charge in [-0.25, -0.2) is 4.98 Å². The first-order valence-corrected chi connectivity index (χ1v) is 6.66. The fourth-order valence-electron chi connectivity index (χ4n) is 2.62. The summed E-state index contributed by atoms with van der Waals surface area (Å²) in [5.74, 6) is 0.563. The predicted molar refractivity (Wildman–Crippen MR) is 82.5 cm³/mol. The number of fused-ring (bicyclic) bond motifs is 4. The maximum atomic E-state index is 12.6. The fourth-order valence-corrected chi connectivity index (χ4v) is 2.62. The summed E-state index contributed by atoms with van der Waals surface area (Å²) in [6, 6.07) is 8.53. The van der Waals surface area contributed by atoms with Crippen LogP contribution in [0, 0.1) is 0 Å². The van der Waals surface area contributed by atoms with E-state index in [4.69, 9.17) is 4.74 Å². The first-order chi connectivity index (χ1) is 10.7. The average Bonchev–Trinajstić information content (AvgIpc) is 2.55. The van der Waals surface area contributed by atoms with Crippen molar-refractivity contribution < 1.29 is 9.84 Å². The first-order valence-electron chi connectivity index (χ1n) is 6.66. The predicted octanol–water partition coefficient (Wildman–Crippen LogP) is 2.11. The lowest BCUT2D eigenvalue weighted by molar-refractivity contribution is 0.419. The van der Waals surface area contributed by atoms with Crippen LogP contribution < -0.4 is 10.3 Å². The number of aromatic nitrogens is 3. The van der Waals surface area contributed by atoms with Gasteiger partial charge in [0.2, 0.25) is 0 Å². The average molecular weight is 293 g/mol. The molecule has 108 valence electrons. The van der Waals surface area contributed by atoms with Gasteiger partial charge < -0.3 is 9.84 Å². The van der Waals surface area contributed by atoms with Gasteiger partial charge in [0.1, 0.15) is 11.3 Å². The molecule has 4 rings (SSSR count). The van der Waals surface area contributed by atoms with Crippen molar-refractivity contribution in [3.05, 3.63) is 53.1 Å². The molecule has 6 heteroatoms. The molecule has 3 heterocycles. The molecule has 22 heavy (non-hydrogen) atoms. The van der Waals surface area contributed by atoms with Gasteiger partial charge in [0, 0.05) is 17.8 Å². The van der Waals surface area contributed by atoms with Gasteiger partial charge in [-0.3, -0.25) is 14.2 Å². The van der Waals surface area contributed by atoms with Crippen molar-refractivity contribution in [2.24, 2.45) is 0 Å². The van der Waals surface area contributed by atoms with Crippen LogP contribution in [0.5, 0.6) is 11.5 Å². The topological polar surface area (TPSA) is 76.7 Å². The highest BCUT2D eigenvalue weighted by Gasteiger charge is 2.13. The summed E-state index contributed by atoms with van der Waals surface area (Å²) in [7, 11) is 1.56. The number of nitrogens with zero attached hydrogens (tertiary/aromatic N) is 3. The second-order valence-corrected chi connectivity index (χ2v) is 4.88. The van der Waals surface area contributed by atoms with E-state index >= 15 is 0 Å². The summed E-state index contributed by atoms with van der Waals surface area (Å²) in [6.45, 7) is 0. The second-order valence-electron chi connectivity index (χ2n) is 4.88. The van der Waals surface area contributed by atoms with E-state index in [1.807, 2.05) is 12.1 Å². The molecule has 0 amide bonds. The van der Waals surface area contributed by atoms with Crippen LogP contribution in [0.25, 0.3) is 27.5 Å². The van der Waals surface area contributed by atoms with Crippen molar-refractivity contribution in [2.45, 2.75) is 0 Å². The standard InChI is InChI=1S/C16H11N3O3/c1-22-12-6-2-4-9-13-10(8-17-14(9)12)16(21)19-7-3-5-11(20)15(19)18-13/h2-8,20H,1H3. The zero-order valence-corrected chi connectivity index (χ0v) is 11.6. The number of benzene rings is 1. The minimum Gasteiger partial charge on any atom is -0.504 e. The summed E-state index contributed by atoms with van der Waals surface area (Å²) < 4.78 is 6.61. The second kappa shape index (κ2) is 4.42. The molecule has 0 saturated heterocycles. The number of methoxy groups -OCH3 is 1. The van der Waals surface area contributed by atoms with Crippen LogP contribution in [0.3, 0.4) is 0 Å². The largest absolute Gasteiger partial charge is 0.504 e. The molecule has 0 radical (unpaired) electrons. The molecule has 1 N–H and O–H groups in total. The van der Waals surface area contributed by atoms with E-state index in [0.29, 0.717) is 27.6 Å². The van der Waals surface area contributed by atoms with Crippen LogP contribution in [-0.4, -0.2) is 26.6 Å². The van der Waals surface area contributed by atoms with Gasteiger partial charge >= 0.3 is 0 Å². The van der Waals surface area contributed by atoms with E-state index in [1.54, 1.807) is 25.4 Å². The molecule has 1 aromatic carbocycles. The Labute approximate surface area is 124 Å². The number of hydrogen-bond donors (Lipinski definition) is 1. The van der Waals surface area contributed by atoms with Gasteiger partial charge in [-0.1, -0.05) is 12.1 Å². The third-order valence-corrected chi connectivity index (χ3v) is 3.67. The fraction of sp³-hybridized carbons (Fsp3) is 0.0625. The number of ether oxygens (including phenoxy) is 1. The molecule has 0 atom stereocenters. The highest BCUT2D eigenvalue weighted by Crippen LogP contribution is 2.28. The van der Waals surface area contributed by atoms with Crippen molar-refractivity contribution in [3.8, 4) is 11.5 Å². The van der Waals surface area contributed by atoms with Gasteiger partial charge in [0.25, 0.3) is 5.56 Å². The Bertz CT molecular complexity index is 1100. The molecule has 0 aliphatic heterocycles. The molecular formula is C16H11N3O3. The van der Waals surface area contributed by atoms with Crippen LogP contribution in [0.2, 0.25) is 0 Å². The minimum absolute atomic E-state index is 0.0469. The van der Waals surface area contributed by atoms with E-state index in [2.05, 4.69) is 9.97 Å². The maximum absolute atomic E-state index is 12.6. The Balaban J connectivity index is 2.30. The van der Waals surface area contributed by atoms with Gasteiger partial charge in [0.05, 0.1) is 18.0 Å². The van der Waals surface area contributed by atoms with Gasteiger partial charge in [-0.05, 0) is 18.2 Å². The normalized spacial score (nSPS) is 11.3. The van der Waals surface area contributed by atoms with Crippen molar-refractivity contribution in [1.29, 1.82) is 0 Å². The van der Waals surface area contributed by atoms with Gasteiger partial charge in [-0.2, -0.15) is 0 Å². The number of pyridine rings is 2. The zero-order valence-electron chi connectivity index (χ0n) is 11.6. The Kier molecular flexibility index (Phi) is 2.53. The van der Waals surface area contributed by atoms with Crippen molar-refractivity contribution >= 4 is 27.5 Å². The zero-order chi connectivity index (χ0) is 15.3. The van der Waals surface area contributed by atoms with E-state index in [-0.39, 0.29) is 17.0 Å². The summed E-state index contributed by atoms with van der Waals surface area (Å²) in [5, 5.41) is 11.1. The summed E-state index contributed by atoms with van der Waals surface area (Å²) in [5.41, 5.74) is 1.07. The molecule has 0 aliphatic rings. The summed E-state index contributed by atoms with van der Waals surface area (Å²) >= 11 is 0. The van der Waals surface area contributed by atoms with Crippen LogP contribution in [0.1, 0.15) is 0 Å². The number of para-hydroxylation sites is 1. The van der Waals surface area contributed by atoms with E-state index < -0.39 is 0 Å². The van der Waals surface area contributed by atoms with Crippen molar-refractivity contribution in [2.75, 3.05) is 7.11 Å². The maximum Gasteiger partial charge on any atom is 0.267 e. The van der Waals surface area contributed by atoms with Crippen LogP contribution in [0.15, 0.2) is 47.5 Å². The molecule has 0 bridgehead atoms. The van der Waals surface area contributed by atoms with Crippen molar-refractivity contribution in [3.63, 3.8) is 0 Å². The molecule has 0 fully saturated rings. The van der Waals surface area contributed by atoms with Crippen LogP contribution in [0.4, 0.5) is 0 Å². The first kappa shape index (κ1) is 12.6.